The van der Waals surface area contributed by atoms with Gasteiger partial charge >= 0.3 is 0 Å². The minimum atomic E-state index is -0.00756. The Balaban J connectivity index is 1.64. The molecule has 0 heterocycles. The summed E-state index contributed by atoms with van der Waals surface area (Å²) in [7, 11) is 0. The van der Waals surface area contributed by atoms with Gasteiger partial charge in [-0.2, -0.15) is 5.10 Å². The van der Waals surface area contributed by atoms with Gasteiger partial charge in [-0.05, 0) is 42.0 Å². The van der Waals surface area contributed by atoms with Crippen molar-refractivity contribution < 1.29 is 4.79 Å². The molecule has 4 heteroatoms. The van der Waals surface area contributed by atoms with Crippen LogP contribution in [0.2, 0.25) is 5.02 Å². The van der Waals surface area contributed by atoms with E-state index >= 15 is 0 Å². The molecule has 1 aliphatic carbocycles. The number of benzene rings is 2. The molecule has 1 fully saturated rings. The molecule has 0 aromatic heterocycles. The number of carbonyl (C=O) groups is 1. The first-order valence-corrected chi connectivity index (χ1v) is 8.24. The highest BCUT2D eigenvalue weighted by atomic mass is 35.5. The number of hydrogen-bond acceptors (Lipinski definition) is 2. The molecule has 0 unspecified atom stereocenters. The van der Waals surface area contributed by atoms with E-state index in [1.165, 1.54) is 5.56 Å². The van der Waals surface area contributed by atoms with Crippen molar-refractivity contribution in [2.24, 2.45) is 11.0 Å². The highest BCUT2D eigenvalue weighted by molar-refractivity contribution is 6.31. The first-order chi connectivity index (χ1) is 11.2. The number of carbonyl (C=O) groups excluding carboxylic acids is 1. The van der Waals surface area contributed by atoms with Gasteiger partial charge < -0.3 is 0 Å². The first-order valence-electron chi connectivity index (χ1n) is 7.86. The van der Waals surface area contributed by atoms with Gasteiger partial charge in [0, 0.05) is 10.9 Å². The number of nitrogens with one attached hydrogen (secondary N) is 1. The predicted molar refractivity (Wildman–Crippen MR) is 93.7 cm³/mol. The maximum Gasteiger partial charge on any atom is 0.243 e. The van der Waals surface area contributed by atoms with Crippen LogP contribution in [0.4, 0.5) is 0 Å². The molecule has 0 spiro atoms. The van der Waals surface area contributed by atoms with Gasteiger partial charge in [0.15, 0.2) is 0 Å². The third-order valence-corrected chi connectivity index (χ3v) is 4.38. The Kier molecular flexibility index (Phi) is 4.77. The summed E-state index contributed by atoms with van der Waals surface area (Å²) < 4.78 is 0. The standard InChI is InChI=1S/C19H19ClN2O/c1-2-18(14-9-6-10-15(20)11-14)21-22-19(23)17-12-16(17)13-7-4-3-5-8-13/h3-11,16-17H,2,12H2,1H3,(H,22,23)/t16-,17+/m0/s1. The number of hydrogen-bond donors (Lipinski definition) is 1. The molecule has 1 N–H and O–H groups in total. The van der Waals surface area contributed by atoms with Crippen LogP contribution in [0.1, 0.15) is 36.8 Å². The minimum absolute atomic E-state index is 0.00756. The van der Waals surface area contributed by atoms with E-state index in [4.69, 9.17) is 11.6 Å². The van der Waals surface area contributed by atoms with Crippen LogP contribution in [-0.2, 0) is 4.79 Å². The molecule has 2 aromatic carbocycles. The third-order valence-electron chi connectivity index (χ3n) is 4.15. The lowest BCUT2D eigenvalue weighted by Crippen LogP contribution is -2.22. The zero-order valence-electron chi connectivity index (χ0n) is 13.0. The average Bonchev–Trinajstić information content (AvgIpc) is 3.37. The first kappa shape index (κ1) is 15.8. The molecule has 3 rings (SSSR count). The van der Waals surface area contributed by atoms with Gasteiger partial charge in [-0.15, -0.1) is 0 Å². The van der Waals surface area contributed by atoms with Gasteiger partial charge in [-0.3, -0.25) is 4.79 Å². The molecule has 1 aliphatic rings. The van der Waals surface area contributed by atoms with E-state index in [0.29, 0.717) is 10.9 Å². The molecular weight excluding hydrogens is 308 g/mol. The van der Waals surface area contributed by atoms with E-state index in [1.807, 2.05) is 49.4 Å². The Labute approximate surface area is 141 Å². The van der Waals surface area contributed by atoms with Crippen molar-refractivity contribution in [1.29, 1.82) is 0 Å². The van der Waals surface area contributed by atoms with Crippen LogP contribution in [0.3, 0.4) is 0 Å². The summed E-state index contributed by atoms with van der Waals surface area (Å²) in [5, 5.41) is 4.97. The van der Waals surface area contributed by atoms with E-state index in [-0.39, 0.29) is 11.8 Å². The highest BCUT2D eigenvalue weighted by Gasteiger charge is 2.43. The average molecular weight is 327 g/mol. The number of hydrazone groups is 1. The summed E-state index contributed by atoms with van der Waals surface area (Å²) in [5.41, 5.74) is 5.72. The van der Waals surface area contributed by atoms with Crippen molar-refractivity contribution in [3.8, 4) is 0 Å². The maximum atomic E-state index is 12.3. The molecule has 1 amide bonds. The normalized spacial score (nSPS) is 20.2. The van der Waals surface area contributed by atoms with Gasteiger partial charge in [0.1, 0.15) is 0 Å². The van der Waals surface area contributed by atoms with Crippen LogP contribution in [0, 0.1) is 5.92 Å². The van der Waals surface area contributed by atoms with Crippen molar-refractivity contribution in [1.82, 2.24) is 5.43 Å². The number of halogens is 1. The van der Waals surface area contributed by atoms with Gasteiger partial charge in [-0.25, -0.2) is 5.43 Å². The quantitative estimate of drug-likeness (QED) is 0.643. The Hall–Kier alpha value is -2.13. The largest absolute Gasteiger partial charge is 0.273 e. The van der Waals surface area contributed by atoms with Crippen LogP contribution < -0.4 is 5.43 Å². The maximum absolute atomic E-state index is 12.3. The van der Waals surface area contributed by atoms with Gasteiger partial charge in [-0.1, -0.05) is 61.0 Å². The second-order valence-corrected chi connectivity index (χ2v) is 6.19. The summed E-state index contributed by atoms with van der Waals surface area (Å²) in [6, 6.07) is 17.7. The molecule has 2 aromatic rings. The van der Waals surface area contributed by atoms with Crippen molar-refractivity contribution in [2.45, 2.75) is 25.7 Å². The SMILES string of the molecule is CCC(=NNC(=O)[C@@H]1C[C@H]1c1ccccc1)c1cccc(Cl)c1. The van der Waals surface area contributed by atoms with Crippen LogP contribution in [-0.4, -0.2) is 11.6 Å². The molecular formula is C19H19ClN2O. The fourth-order valence-corrected chi connectivity index (χ4v) is 2.96. The smallest absolute Gasteiger partial charge is 0.243 e. The summed E-state index contributed by atoms with van der Waals surface area (Å²) in [5.74, 6) is 0.341. The molecule has 0 bridgehead atoms. The van der Waals surface area contributed by atoms with Crippen molar-refractivity contribution in [2.75, 3.05) is 0 Å². The zero-order valence-corrected chi connectivity index (χ0v) is 13.8. The van der Waals surface area contributed by atoms with Crippen molar-refractivity contribution in [3.63, 3.8) is 0 Å². The fraction of sp³-hybridized carbons (Fsp3) is 0.263. The Morgan fingerprint density at radius 1 is 1.22 bits per heavy atom. The molecule has 0 radical (unpaired) electrons. The van der Waals surface area contributed by atoms with E-state index < -0.39 is 0 Å². The van der Waals surface area contributed by atoms with Crippen molar-refractivity contribution in [3.05, 3.63) is 70.7 Å². The third kappa shape index (κ3) is 3.80. The molecule has 118 valence electrons. The zero-order chi connectivity index (χ0) is 16.2. The predicted octanol–water partition coefficient (Wildman–Crippen LogP) is 4.37. The fourth-order valence-electron chi connectivity index (χ4n) is 2.77. The lowest BCUT2D eigenvalue weighted by atomic mass is 10.1. The van der Waals surface area contributed by atoms with Gasteiger partial charge in [0.2, 0.25) is 5.91 Å². The second-order valence-electron chi connectivity index (χ2n) is 5.76. The monoisotopic (exact) mass is 326 g/mol. The van der Waals surface area contributed by atoms with Gasteiger partial charge in [0.25, 0.3) is 0 Å². The summed E-state index contributed by atoms with van der Waals surface area (Å²) in [6.45, 7) is 2.01. The van der Waals surface area contributed by atoms with Crippen molar-refractivity contribution >= 4 is 23.2 Å². The van der Waals surface area contributed by atoms with E-state index in [1.54, 1.807) is 0 Å². The van der Waals surface area contributed by atoms with Crippen LogP contribution >= 0.6 is 11.6 Å². The topological polar surface area (TPSA) is 41.5 Å². The lowest BCUT2D eigenvalue weighted by Gasteiger charge is -2.06. The molecule has 1 saturated carbocycles. The van der Waals surface area contributed by atoms with E-state index in [2.05, 4.69) is 22.7 Å². The summed E-state index contributed by atoms with van der Waals surface area (Å²) in [6.07, 6.45) is 1.62. The van der Waals surface area contributed by atoms with E-state index in [0.717, 1.165) is 24.1 Å². The Morgan fingerprint density at radius 2 is 2.00 bits per heavy atom. The van der Waals surface area contributed by atoms with Crippen LogP contribution in [0.5, 0.6) is 0 Å². The minimum Gasteiger partial charge on any atom is -0.273 e. The molecule has 3 nitrogen and oxygen atoms in total. The van der Waals surface area contributed by atoms with Crippen LogP contribution in [0.15, 0.2) is 59.7 Å². The number of nitrogens with zero attached hydrogens (tertiary/aromatic N) is 1. The summed E-state index contributed by atoms with van der Waals surface area (Å²) in [4.78, 5) is 12.3. The number of rotatable bonds is 5. The Morgan fingerprint density at radius 3 is 2.70 bits per heavy atom. The lowest BCUT2D eigenvalue weighted by molar-refractivity contribution is -0.122. The molecule has 0 aliphatic heterocycles. The second kappa shape index (κ2) is 6.97. The highest BCUT2D eigenvalue weighted by Crippen LogP contribution is 2.47. The molecule has 23 heavy (non-hydrogen) atoms. The van der Waals surface area contributed by atoms with E-state index in [9.17, 15) is 4.79 Å². The Bertz CT molecular complexity index is 727. The van der Waals surface area contributed by atoms with Crippen LogP contribution in [0.25, 0.3) is 0 Å². The molecule has 0 saturated heterocycles. The number of amides is 1. The summed E-state index contributed by atoms with van der Waals surface area (Å²) >= 11 is 6.01. The van der Waals surface area contributed by atoms with Gasteiger partial charge in [0.05, 0.1) is 5.71 Å². The molecule has 2 atom stereocenters.